The van der Waals surface area contributed by atoms with Crippen LogP contribution in [0.25, 0.3) is 0 Å². The topological polar surface area (TPSA) is 9.23 Å². The van der Waals surface area contributed by atoms with E-state index < -0.39 is 0 Å². The van der Waals surface area contributed by atoms with Gasteiger partial charge >= 0.3 is 0 Å². The second kappa shape index (κ2) is 6.90. The lowest BCUT2D eigenvalue weighted by Crippen LogP contribution is -2.17. The summed E-state index contributed by atoms with van der Waals surface area (Å²) in [5.41, 5.74) is 0.469. The van der Waals surface area contributed by atoms with Crippen LogP contribution < -0.4 is 0 Å². The van der Waals surface area contributed by atoms with E-state index in [0.717, 1.165) is 18.5 Å². The summed E-state index contributed by atoms with van der Waals surface area (Å²) in [7, 11) is 0. The van der Waals surface area contributed by atoms with E-state index in [2.05, 4.69) is 29.8 Å². The van der Waals surface area contributed by atoms with Crippen molar-refractivity contribution in [2.75, 3.05) is 18.5 Å². The molecule has 0 radical (unpaired) electrons. The predicted octanol–water partition coefficient (Wildman–Crippen LogP) is 3.61. The minimum Gasteiger partial charge on any atom is -0.382 e. The monoisotopic (exact) mass is 236 g/mol. The lowest BCUT2D eigenvalue weighted by molar-refractivity contribution is 0.132. The maximum Gasteiger partial charge on any atom is 0.0466 e. The maximum absolute atomic E-state index is 5.30. The Bertz CT molecular complexity index is 100. The summed E-state index contributed by atoms with van der Waals surface area (Å²) in [5.74, 6) is 0. The Morgan fingerprint density at radius 2 is 2.00 bits per heavy atom. The van der Waals surface area contributed by atoms with Gasteiger partial charge < -0.3 is 4.74 Å². The second-order valence-electron chi connectivity index (χ2n) is 3.60. The highest BCUT2D eigenvalue weighted by molar-refractivity contribution is 9.09. The molecule has 0 bridgehead atoms. The van der Waals surface area contributed by atoms with Crippen molar-refractivity contribution < 1.29 is 4.74 Å². The van der Waals surface area contributed by atoms with Crippen LogP contribution >= 0.6 is 15.9 Å². The van der Waals surface area contributed by atoms with Crippen LogP contribution in [0.3, 0.4) is 0 Å². The van der Waals surface area contributed by atoms with Crippen LogP contribution in [-0.2, 0) is 4.74 Å². The molecule has 0 aliphatic rings. The fourth-order valence-electron chi connectivity index (χ4n) is 1.08. The molecule has 0 saturated carbocycles. The molecule has 0 aromatic carbocycles. The Kier molecular flexibility index (Phi) is 7.16. The summed E-state index contributed by atoms with van der Waals surface area (Å²) in [6, 6.07) is 0. The number of rotatable bonds is 7. The molecule has 1 atom stereocenters. The zero-order valence-corrected chi connectivity index (χ0v) is 10.1. The molecular formula is C10H21BrO. The Hall–Kier alpha value is 0.440. The molecule has 0 fully saturated rings. The summed E-state index contributed by atoms with van der Waals surface area (Å²) >= 11 is 3.56. The number of ether oxygens (including phenoxy) is 1. The SMILES string of the molecule is CCOCCCC(C)(CC)CBr. The molecule has 0 aromatic heterocycles. The molecule has 0 aromatic rings. The van der Waals surface area contributed by atoms with E-state index in [1.54, 1.807) is 0 Å². The minimum absolute atomic E-state index is 0.469. The van der Waals surface area contributed by atoms with Crippen LogP contribution in [0, 0.1) is 5.41 Å². The zero-order valence-electron chi connectivity index (χ0n) is 8.53. The van der Waals surface area contributed by atoms with Gasteiger partial charge in [0.2, 0.25) is 0 Å². The van der Waals surface area contributed by atoms with Crippen molar-refractivity contribution in [1.82, 2.24) is 0 Å². The number of hydrogen-bond acceptors (Lipinski definition) is 1. The molecule has 0 aliphatic carbocycles. The van der Waals surface area contributed by atoms with Crippen LogP contribution in [-0.4, -0.2) is 18.5 Å². The first-order valence-electron chi connectivity index (χ1n) is 4.82. The summed E-state index contributed by atoms with van der Waals surface area (Å²) in [5, 5.41) is 1.10. The molecule has 74 valence electrons. The Balaban J connectivity index is 3.45. The van der Waals surface area contributed by atoms with Gasteiger partial charge in [0.25, 0.3) is 0 Å². The van der Waals surface area contributed by atoms with E-state index in [1.165, 1.54) is 19.3 Å². The largest absolute Gasteiger partial charge is 0.382 e. The smallest absolute Gasteiger partial charge is 0.0466 e. The molecule has 0 aliphatic heterocycles. The fraction of sp³-hybridized carbons (Fsp3) is 1.00. The van der Waals surface area contributed by atoms with Crippen molar-refractivity contribution in [3.8, 4) is 0 Å². The lowest BCUT2D eigenvalue weighted by Gasteiger charge is -2.25. The number of alkyl halides is 1. The van der Waals surface area contributed by atoms with Crippen LogP contribution in [0.5, 0.6) is 0 Å². The van der Waals surface area contributed by atoms with Crippen molar-refractivity contribution in [3.05, 3.63) is 0 Å². The normalized spacial score (nSPS) is 16.0. The highest BCUT2D eigenvalue weighted by atomic mass is 79.9. The number of halogens is 1. The van der Waals surface area contributed by atoms with Crippen LogP contribution in [0.15, 0.2) is 0 Å². The zero-order chi connectivity index (χ0) is 9.45. The molecule has 2 heteroatoms. The third-order valence-electron chi connectivity index (χ3n) is 2.45. The van der Waals surface area contributed by atoms with E-state index in [0.29, 0.717) is 5.41 Å². The highest BCUT2D eigenvalue weighted by Crippen LogP contribution is 2.29. The van der Waals surface area contributed by atoms with Crippen molar-refractivity contribution in [2.24, 2.45) is 5.41 Å². The van der Waals surface area contributed by atoms with Crippen molar-refractivity contribution >= 4 is 15.9 Å². The third kappa shape index (κ3) is 5.15. The third-order valence-corrected chi connectivity index (χ3v) is 3.80. The van der Waals surface area contributed by atoms with Crippen molar-refractivity contribution in [1.29, 1.82) is 0 Å². The molecule has 0 spiro atoms. The van der Waals surface area contributed by atoms with Crippen LogP contribution in [0.2, 0.25) is 0 Å². The Labute approximate surface area is 85.0 Å². The van der Waals surface area contributed by atoms with E-state index in [1.807, 2.05) is 6.92 Å². The van der Waals surface area contributed by atoms with Gasteiger partial charge in [-0.1, -0.05) is 29.8 Å². The summed E-state index contributed by atoms with van der Waals surface area (Å²) in [6.45, 7) is 8.38. The van der Waals surface area contributed by atoms with Gasteiger partial charge in [0.15, 0.2) is 0 Å². The average Bonchev–Trinajstić information content (AvgIpc) is 2.12. The molecule has 0 rings (SSSR count). The van der Waals surface area contributed by atoms with E-state index in [-0.39, 0.29) is 0 Å². The van der Waals surface area contributed by atoms with Crippen molar-refractivity contribution in [2.45, 2.75) is 40.0 Å². The summed E-state index contributed by atoms with van der Waals surface area (Å²) in [6.07, 6.45) is 3.68. The summed E-state index contributed by atoms with van der Waals surface area (Å²) < 4.78 is 5.30. The molecule has 0 heterocycles. The Morgan fingerprint density at radius 1 is 1.33 bits per heavy atom. The second-order valence-corrected chi connectivity index (χ2v) is 4.16. The van der Waals surface area contributed by atoms with Gasteiger partial charge in [0.1, 0.15) is 0 Å². The van der Waals surface area contributed by atoms with Crippen molar-refractivity contribution in [3.63, 3.8) is 0 Å². The molecule has 0 amide bonds. The van der Waals surface area contributed by atoms with Crippen LogP contribution in [0.1, 0.15) is 40.0 Å². The number of hydrogen-bond donors (Lipinski definition) is 0. The molecule has 1 nitrogen and oxygen atoms in total. The quantitative estimate of drug-likeness (QED) is 0.485. The maximum atomic E-state index is 5.30. The molecule has 1 unspecified atom stereocenters. The van der Waals surface area contributed by atoms with Gasteiger partial charge in [0.05, 0.1) is 0 Å². The molecule has 0 saturated heterocycles. The molecular weight excluding hydrogens is 216 g/mol. The van der Waals surface area contributed by atoms with E-state index in [4.69, 9.17) is 4.74 Å². The lowest BCUT2D eigenvalue weighted by atomic mass is 9.85. The van der Waals surface area contributed by atoms with Gasteiger partial charge in [-0.05, 0) is 31.6 Å². The Morgan fingerprint density at radius 3 is 2.42 bits per heavy atom. The van der Waals surface area contributed by atoms with Gasteiger partial charge in [-0.15, -0.1) is 0 Å². The van der Waals surface area contributed by atoms with Gasteiger partial charge in [0, 0.05) is 18.5 Å². The first-order valence-corrected chi connectivity index (χ1v) is 5.94. The average molecular weight is 237 g/mol. The van der Waals surface area contributed by atoms with Gasteiger partial charge in [-0.3, -0.25) is 0 Å². The first kappa shape index (κ1) is 12.4. The highest BCUT2D eigenvalue weighted by Gasteiger charge is 2.19. The van der Waals surface area contributed by atoms with Crippen LogP contribution in [0.4, 0.5) is 0 Å². The minimum atomic E-state index is 0.469. The molecule has 0 N–H and O–H groups in total. The standard InChI is InChI=1S/C10H21BrO/c1-4-10(3,9-11)7-6-8-12-5-2/h4-9H2,1-3H3. The van der Waals surface area contributed by atoms with Gasteiger partial charge in [-0.2, -0.15) is 0 Å². The van der Waals surface area contributed by atoms with E-state index in [9.17, 15) is 0 Å². The predicted molar refractivity (Wildman–Crippen MR) is 57.9 cm³/mol. The first-order chi connectivity index (χ1) is 5.68. The van der Waals surface area contributed by atoms with Gasteiger partial charge in [-0.25, -0.2) is 0 Å². The fourth-order valence-corrected chi connectivity index (χ4v) is 1.76. The van der Waals surface area contributed by atoms with E-state index >= 15 is 0 Å². The summed E-state index contributed by atoms with van der Waals surface area (Å²) in [4.78, 5) is 0. The molecule has 12 heavy (non-hydrogen) atoms.